The molecule has 0 aromatic heterocycles. The molecule has 1 rings (SSSR count). The van der Waals surface area contributed by atoms with Gasteiger partial charge in [-0.2, -0.15) is 0 Å². The van der Waals surface area contributed by atoms with Crippen molar-refractivity contribution in [2.75, 3.05) is 7.05 Å². The Bertz CT molecular complexity index is 385. The van der Waals surface area contributed by atoms with E-state index in [4.69, 9.17) is 0 Å². The maximum atomic E-state index is 11.6. The van der Waals surface area contributed by atoms with E-state index in [9.17, 15) is 4.79 Å². The van der Waals surface area contributed by atoms with E-state index < -0.39 is 0 Å². The van der Waals surface area contributed by atoms with Crippen molar-refractivity contribution in [3.8, 4) is 0 Å². The minimum absolute atomic E-state index is 0.00120. The lowest BCUT2D eigenvalue weighted by Crippen LogP contribution is -2.35. The summed E-state index contributed by atoms with van der Waals surface area (Å²) in [5.41, 5.74) is 11.3. The fourth-order valence-electron chi connectivity index (χ4n) is 1.91. The van der Waals surface area contributed by atoms with E-state index in [2.05, 4.69) is 44.6 Å². The first-order chi connectivity index (χ1) is 7.47. The summed E-state index contributed by atoms with van der Waals surface area (Å²) in [6.07, 6.45) is 0.432. The summed E-state index contributed by atoms with van der Waals surface area (Å²) < 4.78 is 0. The van der Waals surface area contributed by atoms with Gasteiger partial charge in [0.15, 0.2) is 0 Å². The molecule has 0 atom stereocenters. The highest BCUT2D eigenvalue weighted by Gasteiger charge is 2.11. The van der Waals surface area contributed by atoms with Gasteiger partial charge in [-0.25, -0.2) is 5.43 Å². The van der Waals surface area contributed by atoms with Gasteiger partial charge in [-0.05, 0) is 55.5 Å². The minimum atomic E-state index is -0.00120. The molecule has 1 aromatic carbocycles. The Morgan fingerprint density at radius 2 is 1.62 bits per heavy atom. The van der Waals surface area contributed by atoms with Crippen molar-refractivity contribution in [1.82, 2.24) is 10.9 Å². The summed E-state index contributed by atoms with van der Waals surface area (Å²) in [7, 11) is 1.69. The van der Waals surface area contributed by atoms with E-state index >= 15 is 0 Å². The number of nitrogens with one attached hydrogen (secondary N) is 2. The molecule has 0 bridgehead atoms. The highest BCUT2D eigenvalue weighted by atomic mass is 16.2. The fraction of sp³-hybridized carbons (Fsp3) is 0.462. The lowest BCUT2D eigenvalue weighted by molar-refractivity contribution is -0.121. The molecule has 0 fully saturated rings. The van der Waals surface area contributed by atoms with Crippen LogP contribution in [0.1, 0.15) is 27.8 Å². The van der Waals surface area contributed by atoms with Gasteiger partial charge >= 0.3 is 0 Å². The number of carbonyl (C=O) groups is 1. The van der Waals surface area contributed by atoms with Crippen molar-refractivity contribution < 1.29 is 4.79 Å². The van der Waals surface area contributed by atoms with Crippen LogP contribution in [-0.2, 0) is 11.2 Å². The lowest BCUT2D eigenvalue weighted by Gasteiger charge is -2.14. The van der Waals surface area contributed by atoms with E-state index in [0.29, 0.717) is 6.42 Å². The smallest absolute Gasteiger partial charge is 0.238 e. The first kappa shape index (κ1) is 12.7. The molecule has 2 N–H and O–H groups in total. The van der Waals surface area contributed by atoms with Crippen LogP contribution in [0.25, 0.3) is 0 Å². The number of amides is 1. The molecule has 0 unspecified atom stereocenters. The van der Waals surface area contributed by atoms with Crippen LogP contribution < -0.4 is 10.9 Å². The molecule has 0 aliphatic heterocycles. The molecule has 0 spiro atoms. The van der Waals surface area contributed by atoms with Crippen molar-refractivity contribution in [2.24, 2.45) is 0 Å². The average Bonchev–Trinajstić information content (AvgIpc) is 2.22. The molecule has 0 aliphatic carbocycles. The van der Waals surface area contributed by atoms with Gasteiger partial charge in [-0.3, -0.25) is 10.2 Å². The average molecular weight is 220 g/mol. The van der Waals surface area contributed by atoms with Crippen LogP contribution in [0.2, 0.25) is 0 Å². The third-order valence-corrected chi connectivity index (χ3v) is 3.12. The molecule has 0 radical (unpaired) electrons. The zero-order valence-electron chi connectivity index (χ0n) is 10.7. The molecular formula is C13H20N2O. The summed E-state index contributed by atoms with van der Waals surface area (Å²) in [6, 6.07) is 2.17. The monoisotopic (exact) mass is 220 g/mol. The fourth-order valence-corrected chi connectivity index (χ4v) is 1.91. The highest BCUT2D eigenvalue weighted by Crippen LogP contribution is 2.21. The largest absolute Gasteiger partial charge is 0.292 e. The molecule has 0 saturated heterocycles. The van der Waals surface area contributed by atoms with Crippen LogP contribution >= 0.6 is 0 Å². The van der Waals surface area contributed by atoms with Gasteiger partial charge in [0.05, 0.1) is 6.42 Å². The van der Waals surface area contributed by atoms with Gasteiger partial charge < -0.3 is 0 Å². The molecule has 0 heterocycles. The van der Waals surface area contributed by atoms with Crippen molar-refractivity contribution >= 4 is 5.91 Å². The maximum Gasteiger partial charge on any atom is 0.238 e. The molecule has 1 aromatic rings. The second-order valence-electron chi connectivity index (χ2n) is 4.21. The van der Waals surface area contributed by atoms with Gasteiger partial charge in [0.2, 0.25) is 5.91 Å². The Kier molecular flexibility index (Phi) is 4.07. The van der Waals surface area contributed by atoms with Gasteiger partial charge in [-0.15, -0.1) is 0 Å². The number of rotatable bonds is 3. The SMILES string of the molecule is CNNC(=O)Cc1c(C)c(C)cc(C)c1C. The number of aryl methyl sites for hydroxylation is 2. The molecule has 0 aliphatic rings. The molecular weight excluding hydrogens is 200 g/mol. The zero-order valence-corrected chi connectivity index (χ0v) is 10.7. The molecule has 3 nitrogen and oxygen atoms in total. The predicted octanol–water partition coefficient (Wildman–Crippen LogP) is 1.71. The Morgan fingerprint density at radius 3 is 2.06 bits per heavy atom. The van der Waals surface area contributed by atoms with E-state index in [1.807, 2.05) is 0 Å². The van der Waals surface area contributed by atoms with Crippen LogP contribution in [0, 0.1) is 27.7 Å². The van der Waals surface area contributed by atoms with Crippen molar-refractivity contribution in [3.05, 3.63) is 33.9 Å². The van der Waals surface area contributed by atoms with Crippen molar-refractivity contribution in [1.29, 1.82) is 0 Å². The van der Waals surface area contributed by atoms with Gasteiger partial charge in [0.1, 0.15) is 0 Å². The second-order valence-corrected chi connectivity index (χ2v) is 4.21. The molecule has 3 heteroatoms. The molecule has 1 amide bonds. The second kappa shape index (κ2) is 5.12. The minimum Gasteiger partial charge on any atom is -0.292 e. The summed E-state index contributed by atoms with van der Waals surface area (Å²) >= 11 is 0. The number of hydrogen-bond acceptors (Lipinski definition) is 2. The van der Waals surface area contributed by atoms with Crippen LogP contribution in [0.3, 0.4) is 0 Å². The number of carbonyl (C=O) groups excluding carboxylic acids is 1. The van der Waals surface area contributed by atoms with E-state index in [1.165, 1.54) is 22.3 Å². The van der Waals surface area contributed by atoms with Crippen molar-refractivity contribution in [2.45, 2.75) is 34.1 Å². The first-order valence-electron chi connectivity index (χ1n) is 5.49. The lowest BCUT2D eigenvalue weighted by atomic mass is 9.92. The third-order valence-electron chi connectivity index (χ3n) is 3.12. The van der Waals surface area contributed by atoms with Gasteiger partial charge in [0.25, 0.3) is 0 Å². The Balaban J connectivity index is 3.07. The first-order valence-corrected chi connectivity index (χ1v) is 5.49. The number of benzene rings is 1. The Labute approximate surface area is 97.2 Å². The number of hydrogen-bond donors (Lipinski definition) is 2. The molecule has 88 valence electrons. The third kappa shape index (κ3) is 2.61. The summed E-state index contributed by atoms with van der Waals surface area (Å²) in [4.78, 5) is 11.6. The Morgan fingerprint density at radius 1 is 1.12 bits per heavy atom. The highest BCUT2D eigenvalue weighted by molar-refractivity contribution is 5.79. The molecule has 16 heavy (non-hydrogen) atoms. The van der Waals surface area contributed by atoms with Crippen LogP contribution in [0.15, 0.2) is 6.07 Å². The van der Waals surface area contributed by atoms with Crippen LogP contribution in [0.5, 0.6) is 0 Å². The summed E-state index contributed by atoms with van der Waals surface area (Å²) in [5.74, 6) is -0.00120. The standard InChI is InChI=1S/C13H20N2O/c1-8-6-9(2)11(4)12(10(8)3)7-13(16)15-14-5/h6,14H,7H2,1-5H3,(H,15,16). The molecule has 0 saturated carbocycles. The van der Waals surface area contributed by atoms with Crippen LogP contribution in [0.4, 0.5) is 0 Å². The van der Waals surface area contributed by atoms with Gasteiger partial charge in [-0.1, -0.05) is 6.07 Å². The quantitative estimate of drug-likeness (QED) is 0.761. The Hall–Kier alpha value is -1.35. The summed E-state index contributed by atoms with van der Waals surface area (Å²) in [5, 5.41) is 0. The van der Waals surface area contributed by atoms with Gasteiger partial charge in [0, 0.05) is 7.05 Å². The van der Waals surface area contributed by atoms with E-state index in [-0.39, 0.29) is 5.91 Å². The normalized spacial score (nSPS) is 10.3. The topological polar surface area (TPSA) is 41.1 Å². The number of hydrazine groups is 1. The van der Waals surface area contributed by atoms with E-state index in [0.717, 1.165) is 5.56 Å². The van der Waals surface area contributed by atoms with Crippen molar-refractivity contribution in [3.63, 3.8) is 0 Å². The van der Waals surface area contributed by atoms with E-state index in [1.54, 1.807) is 7.05 Å². The predicted molar refractivity (Wildman–Crippen MR) is 66.3 cm³/mol. The summed E-state index contributed by atoms with van der Waals surface area (Å²) in [6.45, 7) is 8.32. The van der Waals surface area contributed by atoms with Crippen LogP contribution in [-0.4, -0.2) is 13.0 Å². The zero-order chi connectivity index (χ0) is 12.3. The maximum absolute atomic E-state index is 11.6.